The van der Waals surface area contributed by atoms with Gasteiger partial charge in [0.25, 0.3) is 0 Å². The zero-order chi connectivity index (χ0) is 21.4. The summed E-state index contributed by atoms with van der Waals surface area (Å²) in [4.78, 5) is 0. The van der Waals surface area contributed by atoms with Crippen molar-refractivity contribution in [3.05, 3.63) is 126 Å². The van der Waals surface area contributed by atoms with Gasteiger partial charge < -0.3 is 17.0 Å². The quantitative estimate of drug-likeness (QED) is 0.307. The van der Waals surface area contributed by atoms with Gasteiger partial charge in [0.15, 0.2) is 0 Å². The summed E-state index contributed by atoms with van der Waals surface area (Å²) in [7, 11) is -1.71. The lowest BCUT2D eigenvalue weighted by molar-refractivity contribution is -0.00000615. The van der Waals surface area contributed by atoms with E-state index < -0.39 is 7.26 Å². The van der Waals surface area contributed by atoms with Gasteiger partial charge in [0, 0.05) is 0 Å². The lowest BCUT2D eigenvalue weighted by atomic mass is 10.1. The van der Waals surface area contributed by atoms with Gasteiger partial charge in [-0.1, -0.05) is 92.2 Å². The molecule has 0 aromatic heterocycles. The van der Waals surface area contributed by atoms with Gasteiger partial charge in [-0.3, -0.25) is 0 Å². The summed E-state index contributed by atoms with van der Waals surface area (Å²) in [6.45, 7) is 2.24. The molecular formula is C30H32BrP. The molecule has 0 aliphatic heterocycles. The molecular weight excluding hydrogens is 471 g/mol. The summed E-state index contributed by atoms with van der Waals surface area (Å²) < 4.78 is 0. The van der Waals surface area contributed by atoms with Gasteiger partial charge in [-0.15, -0.1) is 0 Å². The van der Waals surface area contributed by atoms with Crippen molar-refractivity contribution in [1.82, 2.24) is 0 Å². The first-order chi connectivity index (χ1) is 15.3. The number of aryl methyl sites for hydroxylation is 2. The molecule has 32 heavy (non-hydrogen) atoms. The minimum Gasteiger partial charge on any atom is -1.00 e. The third-order valence-corrected chi connectivity index (χ3v) is 10.6. The van der Waals surface area contributed by atoms with E-state index in [1.54, 1.807) is 0 Å². The summed E-state index contributed by atoms with van der Waals surface area (Å²) in [5.41, 5.74) is 2.90. The molecule has 0 radical (unpaired) electrons. The second-order valence-corrected chi connectivity index (χ2v) is 11.8. The third kappa shape index (κ3) is 5.58. The van der Waals surface area contributed by atoms with Crippen LogP contribution in [0.5, 0.6) is 0 Å². The van der Waals surface area contributed by atoms with Crippen LogP contribution < -0.4 is 32.9 Å². The summed E-state index contributed by atoms with van der Waals surface area (Å²) in [6.07, 6.45) is 5.87. The molecule has 0 amide bonds. The topological polar surface area (TPSA) is 0 Å². The maximum absolute atomic E-state index is 2.34. The van der Waals surface area contributed by atoms with Gasteiger partial charge in [-0.2, -0.15) is 0 Å². The molecule has 0 heterocycles. The van der Waals surface area contributed by atoms with Gasteiger partial charge >= 0.3 is 0 Å². The Morgan fingerprint density at radius 2 is 0.875 bits per heavy atom. The van der Waals surface area contributed by atoms with Crippen LogP contribution in [0.25, 0.3) is 0 Å². The van der Waals surface area contributed by atoms with Gasteiger partial charge in [0.05, 0.1) is 6.16 Å². The van der Waals surface area contributed by atoms with Crippen molar-refractivity contribution in [3.8, 4) is 0 Å². The molecule has 4 aromatic carbocycles. The fraction of sp³-hybridized carbons (Fsp3) is 0.200. The van der Waals surface area contributed by atoms with Crippen molar-refractivity contribution < 1.29 is 17.0 Å². The number of rotatable bonds is 9. The normalized spacial score (nSPS) is 11.0. The molecule has 0 N–H and O–H groups in total. The summed E-state index contributed by atoms with van der Waals surface area (Å²) in [5, 5.41) is 4.43. The molecule has 0 atom stereocenters. The highest BCUT2D eigenvalue weighted by atomic mass is 79.9. The van der Waals surface area contributed by atoms with Crippen LogP contribution in [0.2, 0.25) is 0 Å². The Kier molecular flexibility index (Phi) is 9.27. The molecule has 2 heteroatoms. The summed E-state index contributed by atoms with van der Waals surface area (Å²) in [6, 6.07) is 42.9. The first kappa shape index (κ1) is 24.4. The van der Waals surface area contributed by atoms with Gasteiger partial charge in [0.2, 0.25) is 0 Å². The van der Waals surface area contributed by atoms with E-state index in [4.69, 9.17) is 0 Å². The molecule has 0 spiro atoms. The molecule has 0 saturated heterocycles. The molecule has 0 aliphatic carbocycles. The molecule has 0 aliphatic rings. The lowest BCUT2D eigenvalue weighted by Crippen LogP contribution is -3.00. The highest BCUT2D eigenvalue weighted by Crippen LogP contribution is 2.55. The molecule has 0 saturated carbocycles. The van der Waals surface area contributed by atoms with Gasteiger partial charge in [-0.05, 0) is 66.8 Å². The van der Waals surface area contributed by atoms with Crippen LogP contribution in [0, 0.1) is 0 Å². The molecule has 0 fully saturated rings. The smallest absolute Gasteiger partial charge is 0.112 e. The van der Waals surface area contributed by atoms with Crippen LogP contribution >= 0.6 is 7.26 Å². The van der Waals surface area contributed by atoms with E-state index in [1.165, 1.54) is 52.5 Å². The Balaban J connectivity index is 0.00000289. The van der Waals surface area contributed by atoms with Crippen molar-refractivity contribution in [1.29, 1.82) is 0 Å². The van der Waals surface area contributed by atoms with E-state index in [0.717, 1.165) is 6.42 Å². The minimum atomic E-state index is -1.71. The second-order valence-electron chi connectivity index (χ2n) is 8.21. The van der Waals surface area contributed by atoms with Crippen LogP contribution in [0.1, 0.15) is 30.9 Å². The molecule has 4 rings (SSSR count). The minimum absolute atomic E-state index is 0. The number of hydrogen-bond acceptors (Lipinski definition) is 0. The first-order valence-electron chi connectivity index (χ1n) is 11.5. The fourth-order valence-corrected chi connectivity index (χ4v) is 8.91. The predicted molar refractivity (Wildman–Crippen MR) is 139 cm³/mol. The summed E-state index contributed by atoms with van der Waals surface area (Å²) >= 11 is 0. The van der Waals surface area contributed by atoms with Crippen molar-refractivity contribution in [3.63, 3.8) is 0 Å². The Labute approximate surface area is 204 Å². The van der Waals surface area contributed by atoms with Gasteiger partial charge in [0.1, 0.15) is 23.2 Å². The van der Waals surface area contributed by atoms with E-state index in [0.29, 0.717) is 0 Å². The summed E-state index contributed by atoms with van der Waals surface area (Å²) in [5.74, 6) is 0. The third-order valence-electron chi connectivity index (χ3n) is 6.11. The van der Waals surface area contributed by atoms with E-state index in [9.17, 15) is 0 Å². The Bertz CT molecular complexity index is 948. The van der Waals surface area contributed by atoms with E-state index >= 15 is 0 Å². The van der Waals surface area contributed by atoms with Crippen LogP contribution in [0.4, 0.5) is 0 Å². The standard InChI is InChI=1S/C30H32P.BrH/c1-2-13-26-21-23-27(24-22-26)14-12-25-31(28-15-6-3-7-16-28,29-17-8-4-9-18-29)30-19-10-5-11-20-30;/h3-11,15-24H,2,12-14,25H2,1H3;1H/q+1;/p-1. The van der Waals surface area contributed by atoms with E-state index in [1.807, 2.05) is 0 Å². The van der Waals surface area contributed by atoms with Crippen LogP contribution in [-0.2, 0) is 12.8 Å². The van der Waals surface area contributed by atoms with E-state index in [2.05, 4.69) is 122 Å². The molecule has 4 aromatic rings. The number of hydrogen-bond donors (Lipinski definition) is 0. The molecule has 0 bridgehead atoms. The van der Waals surface area contributed by atoms with Crippen molar-refractivity contribution in [2.45, 2.75) is 32.6 Å². The Hall–Kier alpha value is -2.21. The maximum Gasteiger partial charge on any atom is 0.112 e. The van der Waals surface area contributed by atoms with Crippen LogP contribution in [-0.4, -0.2) is 6.16 Å². The van der Waals surface area contributed by atoms with Crippen molar-refractivity contribution >= 4 is 23.2 Å². The van der Waals surface area contributed by atoms with Crippen LogP contribution in [0.3, 0.4) is 0 Å². The lowest BCUT2D eigenvalue weighted by Gasteiger charge is -2.27. The Morgan fingerprint density at radius 3 is 1.25 bits per heavy atom. The predicted octanol–water partition coefficient (Wildman–Crippen LogP) is 3.57. The molecule has 164 valence electrons. The maximum atomic E-state index is 2.34. The van der Waals surface area contributed by atoms with Crippen molar-refractivity contribution in [2.75, 3.05) is 6.16 Å². The van der Waals surface area contributed by atoms with Gasteiger partial charge in [-0.25, -0.2) is 0 Å². The fourth-order valence-electron chi connectivity index (χ4n) is 4.56. The number of benzene rings is 4. The highest BCUT2D eigenvalue weighted by molar-refractivity contribution is 7.95. The molecule has 0 nitrogen and oxygen atoms in total. The number of halogens is 1. The largest absolute Gasteiger partial charge is 1.00 e. The van der Waals surface area contributed by atoms with Crippen molar-refractivity contribution in [2.24, 2.45) is 0 Å². The first-order valence-corrected chi connectivity index (χ1v) is 13.4. The van der Waals surface area contributed by atoms with Crippen LogP contribution in [0.15, 0.2) is 115 Å². The average Bonchev–Trinajstić information content (AvgIpc) is 2.85. The Morgan fingerprint density at radius 1 is 0.500 bits per heavy atom. The average molecular weight is 503 g/mol. The van der Waals surface area contributed by atoms with E-state index in [-0.39, 0.29) is 17.0 Å². The second kappa shape index (κ2) is 12.1. The highest BCUT2D eigenvalue weighted by Gasteiger charge is 2.44. The molecule has 0 unspecified atom stereocenters. The SMILES string of the molecule is CCCc1ccc(CCC[P+](c2ccccc2)(c2ccccc2)c2ccccc2)cc1.[Br-]. The zero-order valence-electron chi connectivity index (χ0n) is 18.8. The zero-order valence-corrected chi connectivity index (χ0v) is 21.3. The monoisotopic (exact) mass is 502 g/mol.